The third-order valence-electron chi connectivity index (χ3n) is 2.88. The molecule has 0 bridgehead atoms. The number of nitrogens with one attached hydrogen (secondary N) is 1. The second-order valence-electron chi connectivity index (χ2n) is 4.29. The van der Waals surface area contributed by atoms with E-state index in [4.69, 9.17) is 0 Å². The molecule has 2 rings (SSSR count). The summed E-state index contributed by atoms with van der Waals surface area (Å²) in [6, 6.07) is 9.56. The van der Waals surface area contributed by atoms with E-state index in [1.165, 1.54) is 0 Å². The van der Waals surface area contributed by atoms with Crippen LogP contribution < -0.4 is 5.32 Å². The highest BCUT2D eigenvalue weighted by Gasteiger charge is 2.07. The Morgan fingerprint density at radius 1 is 1.37 bits per heavy atom. The number of halogens is 1. The van der Waals surface area contributed by atoms with Gasteiger partial charge in [0.2, 0.25) is 0 Å². The molecule has 0 aliphatic carbocycles. The Bertz CT molecular complexity index is 565. The van der Waals surface area contributed by atoms with Gasteiger partial charge in [-0.25, -0.2) is 0 Å². The summed E-state index contributed by atoms with van der Waals surface area (Å²) >= 11 is 2.17. The molecule has 0 fully saturated rings. The van der Waals surface area contributed by atoms with Gasteiger partial charge >= 0.3 is 0 Å². The van der Waals surface area contributed by atoms with Crippen molar-refractivity contribution >= 4 is 28.5 Å². The van der Waals surface area contributed by atoms with Gasteiger partial charge in [0.05, 0.1) is 5.56 Å². The Morgan fingerprint density at radius 2 is 2.16 bits per heavy atom. The molecule has 1 N–H and O–H groups in total. The molecule has 5 heteroatoms. The van der Waals surface area contributed by atoms with Crippen molar-refractivity contribution in [2.75, 3.05) is 6.54 Å². The van der Waals surface area contributed by atoms with E-state index < -0.39 is 0 Å². The van der Waals surface area contributed by atoms with Crippen molar-refractivity contribution in [3.8, 4) is 0 Å². The molecule has 0 aliphatic rings. The van der Waals surface area contributed by atoms with Crippen molar-refractivity contribution in [2.24, 2.45) is 0 Å². The van der Waals surface area contributed by atoms with Crippen LogP contribution >= 0.6 is 22.6 Å². The first-order valence-corrected chi connectivity index (χ1v) is 7.27. The lowest BCUT2D eigenvalue weighted by Crippen LogP contribution is -2.26. The SMILES string of the molecule is Cc1ccnn1CCCNC(=O)c1ccccc1I. The van der Waals surface area contributed by atoms with Crippen LogP contribution in [0.2, 0.25) is 0 Å². The maximum Gasteiger partial charge on any atom is 0.252 e. The fourth-order valence-corrected chi connectivity index (χ4v) is 2.44. The van der Waals surface area contributed by atoms with Crippen LogP contribution in [-0.2, 0) is 6.54 Å². The van der Waals surface area contributed by atoms with Gasteiger partial charge in [0.15, 0.2) is 0 Å². The Morgan fingerprint density at radius 3 is 2.84 bits per heavy atom. The summed E-state index contributed by atoms with van der Waals surface area (Å²) in [6.45, 7) is 3.51. The van der Waals surface area contributed by atoms with Crippen LogP contribution in [0.4, 0.5) is 0 Å². The summed E-state index contributed by atoms with van der Waals surface area (Å²) < 4.78 is 2.92. The molecule has 0 aliphatic heterocycles. The molecule has 1 heterocycles. The van der Waals surface area contributed by atoms with Crippen molar-refractivity contribution < 1.29 is 4.79 Å². The quantitative estimate of drug-likeness (QED) is 0.651. The number of carbonyl (C=O) groups excluding carboxylic acids is 1. The third-order valence-corrected chi connectivity index (χ3v) is 3.82. The van der Waals surface area contributed by atoms with Crippen LogP contribution in [0.15, 0.2) is 36.5 Å². The average molecular weight is 369 g/mol. The van der Waals surface area contributed by atoms with Gasteiger partial charge in [-0.05, 0) is 54.1 Å². The number of aryl methyl sites for hydroxylation is 2. The van der Waals surface area contributed by atoms with Gasteiger partial charge in [0.1, 0.15) is 0 Å². The van der Waals surface area contributed by atoms with E-state index in [1.54, 1.807) is 6.20 Å². The Hall–Kier alpha value is -1.37. The predicted octanol–water partition coefficient (Wildman–Crippen LogP) is 2.62. The van der Waals surface area contributed by atoms with Gasteiger partial charge in [-0.15, -0.1) is 0 Å². The lowest BCUT2D eigenvalue weighted by molar-refractivity contribution is 0.0951. The first-order valence-electron chi connectivity index (χ1n) is 6.19. The summed E-state index contributed by atoms with van der Waals surface area (Å²) in [6.07, 6.45) is 2.66. The molecule has 1 aromatic heterocycles. The predicted molar refractivity (Wildman–Crippen MR) is 83.1 cm³/mol. The standard InChI is InChI=1S/C14H16IN3O/c1-11-7-9-17-18(11)10-4-8-16-14(19)12-5-2-3-6-13(12)15/h2-3,5-7,9H,4,8,10H2,1H3,(H,16,19). The molecule has 4 nitrogen and oxygen atoms in total. The maximum absolute atomic E-state index is 12.0. The topological polar surface area (TPSA) is 46.9 Å². The van der Waals surface area contributed by atoms with Crippen molar-refractivity contribution in [3.05, 3.63) is 51.4 Å². The molecule has 19 heavy (non-hydrogen) atoms. The summed E-state index contributed by atoms with van der Waals surface area (Å²) in [7, 11) is 0. The summed E-state index contributed by atoms with van der Waals surface area (Å²) in [4.78, 5) is 12.0. The zero-order valence-corrected chi connectivity index (χ0v) is 12.9. The third kappa shape index (κ3) is 3.79. The van der Waals surface area contributed by atoms with E-state index in [2.05, 4.69) is 33.0 Å². The second-order valence-corrected chi connectivity index (χ2v) is 5.45. The number of aromatic nitrogens is 2. The van der Waals surface area contributed by atoms with Gasteiger partial charge < -0.3 is 5.32 Å². The van der Waals surface area contributed by atoms with E-state index >= 15 is 0 Å². The maximum atomic E-state index is 12.0. The summed E-state index contributed by atoms with van der Waals surface area (Å²) in [5.74, 6) is -0.0119. The normalized spacial score (nSPS) is 10.4. The van der Waals surface area contributed by atoms with Crippen LogP contribution in [0.5, 0.6) is 0 Å². The monoisotopic (exact) mass is 369 g/mol. The first kappa shape index (κ1) is 14.0. The zero-order chi connectivity index (χ0) is 13.7. The minimum atomic E-state index is -0.0119. The molecule has 0 saturated carbocycles. The van der Waals surface area contributed by atoms with Crippen LogP contribution in [0.25, 0.3) is 0 Å². The van der Waals surface area contributed by atoms with Gasteiger partial charge in [0, 0.05) is 28.6 Å². The summed E-state index contributed by atoms with van der Waals surface area (Å²) in [5, 5.41) is 7.14. The fourth-order valence-electron chi connectivity index (χ4n) is 1.80. The smallest absolute Gasteiger partial charge is 0.252 e. The fraction of sp³-hybridized carbons (Fsp3) is 0.286. The highest BCUT2D eigenvalue weighted by atomic mass is 127. The van der Waals surface area contributed by atoms with Crippen LogP contribution in [0.3, 0.4) is 0 Å². The Labute approximate surface area is 126 Å². The number of nitrogens with zero attached hydrogens (tertiary/aromatic N) is 2. The van der Waals surface area contributed by atoms with E-state index in [9.17, 15) is 4.79 Å². The molecule has 100 valence electrons. The lowest BCUT2D eigenvalue weighted by Gasteiger charge is -2.07. The molecule has 0 saturated heterocycles. The number of benzene rings is 1. The number of hydrogen-bond donors (Lipinski definition) is 1. The summed E-state index contributed by atoms with van der Waals surface area (Å²) in [5.41, 5.74) is 1.88. The van der Waals surface area contributed by atoms with Crippen LogP contribution in [0.1, 0.15) is 22.5 Å². The number of rotatable bonds is 5. The minimum Gasteiger partial charge on any atom is -0.352 e. The molecule has 1 aromatic carbocycles. The molecule has 0 spiro atoms. The van der Waals surface area contributed by atoms with Crippen molar-refractivity contribution in [3.63, 3.8) is 0 Å². The molecule has 0 atom stereocenters. The molecular weight excluding hydrogens is 353 g/mol. The Kier molecular flexibility index (Phi) is 4.95. The largest absolute Gasteiger partial charge is 0.352 e. The minimum absolute atomic E-state index is 0.0119. The van der Waals surface area contributed by atoms with Gasteiger partial charge in [-0.2, -0.15) is 5.10 Å². The van der Waals surface area contributed by atoms with Gasteiger partial charge in [-0.3, -0.25) is 9.48 Å². The van der Waals surface area contributed by atoms with Crippen molar-refractivity contribution in [1.29, 1.82) is 0 Å². The van der Waals surface area contributed by atoms with Crippen molar-refractivity contribution in [1.82, 2.24) is 15.1 Å². The van der Waals surface area contributed by atoms with E-state index in [0.29, 0.717) is 6.54 Å². The number of hydrogen-bond acceptors (Lipinski definition) is 2. The molecule has 2 aromatic rings. The zero-order valence-electron chi connectivity index (χ0n) is 10.8. The average Bonchev–Trinajstić information content (AvgIpc) is 2.80. The van der Waals surface area contributed by atoms with Crippen molar-refractivity contribution in [2.45, 2.75) is 19.9 Å². The van der Waals surface area contributed by atoms with Gasteiger partial charge in [0.25, 0.3) is 5.91 Å². The number of amides is 1. The molecule has 0 radical (unpaired) electrons. The Balaban J connectivity index is 1.79. The number of carbonyl (C=O) groups is 1. The van der Waals surface area contributed by atoms with E-state index in [1.807, 2.05) is 41.9 Å². The molecule has 1 amide bonds. The lowest BCUT2D eigenvalue weighted by atomic mass is 10.2. The van der Waals surface area contributed by atoms with Crippen LogP contribution in [-0.4, -0.2) is 22.2 Å². The first-order chi connectivity index (χ1) is 9.18. The van der Waals surface area contributed by atoms with Crippen LogP contribution in [0, 0.1) is 10.5 Å². The van der Waals surface area contributed by atoms with Gasteiger partial charge in [-0.1, -0.05) is 12.1 Å². The van der Waals surface area contributed by atoms with E-state index in [0.717, 1.165) is 27.8 Å². The molecule has 0 unspecified atom stereocenters. The molecular formula is C14H16IN3O. The highest BCUT2D eigenvalue weighted by molar-refractivity contribution is 14.1. The highest BCUT2D eigenvalue weighted by Crippen LogP contribution is 2.10. The second kappa shape index (κ2) is 6.70. The van der Waals surface area contributed by atoms with E-state index in [-0.39, 0.29) is 5.91 Å².